The Labute approximate surface area is 131 Å². The number of nitrogens with zero attached hydrogens (tertiary/aromatic N) is 1. The maximum atomic E-state index is 12.7. The number of methoxy groups -OCH3 is 1. The summed E-state index contributed by atoms with van der Waals surface area (Å²) in [7, 11) is -3.44. The van der Waals surface area contributed by atoms with Crippen LogP contribution < -0.4 is 4.74 Å². The van der Waals surface area contributed by atoms with Crippen LogP contribution in [0.1, 0.15) is 5.56 Å². The van der Waals surface area contributed by atoms with E-state index in [2.05, 4.69) is 0 Å². The molecule has 0 bridgehead atoms. The van der Waals surface area contributed by atoms with E-state index >= 15 is 0 Å². The Morgan fingerprint density at radius 1 is 1.38 bits per heavy atom. The summed E-state index contributed by atoms with van der Waals surface area (Å²) in [6, 6.07) is 2.77. The number of hydrogen-bond acceptors (Lipinski definition) is 5. The molecule has 0 aromatic heterocycles. The van der Waals surface area contributed by atoms with E-state index < -0.39 is 20.8 Å². The first-order valence-electron chi connectivity index (χ1n) is 6.22. The van der Waals surface area contributed by atoms with Crippen molar-refractivity contribution in [3.8, 4) is 5.75 Å². The number of rotatable bonds is 4. The van der Waals surface area contributed by atoms with E-state index in [4.69, 9.17) is 16.3 Å². The number of hydrogen-bond donors (Lipinski definition) is 1. The highest BCUT2D eigenvalue weighted by Crippen LogP contribution is 2.34. The standard InChI is InChI=1S/C12H16ClNO5S2/c1-19-12-9(8-15)6-10(13)7-11(12)21(17,18)14-2-4-20(16)5-3-14/h6-7,15H,2-5,8H2,1H3. The van der Waals surface area contributed by atoms with E-state index in [-0.39, 0.29) is 35.4 Å². The topological polar surface area (TPSA) is 83.9 Å². The van der Waals surface area contributed by atoms with E-state index in [1.165, 1.54) is 23.5 Å². The molecular weight excluding hydrogens is 338 g/mol. The Morgan fingerprint density at radius 3 is 2.52 bits per heavy atom. The molecule has 6 nitrogen and oxygen atoms in total. The van der Waals surface area contributed by atoms with Crippen LogP contribution in [0, 0.1) is 0 Å². The van der Waals surface area contributed by atoms with Crippen molar-refractivity contribution in [2.75, 3.05) is 31.7 Å². The summed E-state index contributed by atoms with van der Waals surface area (Å²) in [5, 5.41) is 9.53. The number of benzene rings is 1. The van der Waals surface area contributed by atoms with Gasteiger partial charge < -0.3 is 9.84 Å². The molecule has 1 aliphatic heterocycles. The highest BCUT2D eigenvalue weighted by molar-refractivity contribution is 7.89. The van der Waals surface area contributed by atoms with Crippen LogP contribution in [0.3, 0.4) is 0 Å². The minimum Gasteiger partial charge on any atom is -0.495 e. The Bertz CT molecular complexity index is 652. The van der Waals surface area contributed by atoms with E-state index in [1.54, 1.807) is 0 Å². The Balaban J connectivity index is 2.49. The summed E-state index contributed by atoms with van der Waals surface area (Å²) in [6.07, 6.45) is 0. The SMILES string of the molecule is COc1c(CO)cc(Cl)cc1S(=O)(=O)N1CCS(=O)CC1. The van der Waals surface area contributed by atoms with Crippen molar-refractivity contribution >= 4 is 32.4 Å². The second-order valence-corrected chi connectivity index (χ2v) is 8.55. The molecule has 9 heteroatoms. The van der Waals surface area contributed by atoms with Gasteiger partial charge in [0.25, 0.3) is 0 Å². The summed E-state index contributed by atoms with van der Waals surface area (Å²) in [5.41, 5.74) is 0.309. The van der Waals surface area contributed by atoms with Crippen molar-refractivity contribution in [3.63, 3.8) is 0 Å². The molecule has 1 fully saturated rings. The lowest BCUT2D eigenvalue weighted by molar-refractivity contribution is 0.272. The second-order valence-electron chi connectivity index (χ2n) is 4.51. The average molecular weight is 354 g/mol. The largest absolute Gasteiger partial charge is 0.495 e. The number of aliphatic hydroxyl groups excluding tert-OH is 1. The molecule has 0 aliphatic carbocycles. The average Bonchev–Trinajstić information content (AvgIpc) is 2.46. The molecule has 118 valence electrons. The summed E-state index contributed by atoms with van der Waals surface area (Å²) < 4.78 is 43.2. The molecule has 1 aromatic carbocycles. The van der Waals surface area contributed by atoms with Crippen LogP contribution in [0.4, 0.5) is 0 Å². The predicted octanol–water partition coefficient (Wildman–Crippen LogP) is 0.594. The molecule has 0 unspecified atom stereocenters. The van der Waals surface area contributed by atoms with Crippen LogP contribution in [-0.2, 0) is 27.4 Å². The minimum atomic E-state index is -3.80. The monoisotopic (exact) mass is 353 g/mol. The number of ether oxygens (including phenoxy) is 1. The lowest BCUT2D eigenvalue weighted by Gasteiger charge is -2.26. The molecule has 0 saturated carbocycles. The molecule has 1 heterocycles. The van der Waals surface area contributed by atoms with Crippen molar-refractivity contribution in [1.82, 2.24) is 4.31 Å². The van der Waals surface area contributed by atoms with Crippen LogP contribution in [-0.4, -0.2) is 53.7 Å². The predicted molar refractivity (Wildman–Crippen MR) is 80.6 cm³/mol. The third-order valence-electron chi connectivity index (χ3n) is 3.23. The minimum absolute atomic E-state index is 0.0748. The van der Waals surface area contributed by atoms with Crippen molar-refractivity contribution in [1.29, 1.82) is 0 Å². The zero-order chi connectivity index (χ0) is 15.6. The molecule has 0 radical (unpaired) electrons. The molecule has 2 rings (SSSR count). The highest BCUT2D eigenvalue weighted by Gasteiger charge is 2.31. The van der Waals surface area contributed by atoms with Gasteiger partial charge in [0, 0.05) is 46.0 Å². The van der Waals surface area contributed by atoms with E-state index in [0.717, 1.165) is 0 Å². The number of sulfonamides is 1. The lowest BCUT2D eigenvalue weighted by atomic mass is 10.2. The third-order valence-corrected chi connectivity index (χ3v) is 6.62. The number of halogens is 1. The summed E-state index contributed by atoms with van der Waals surface area (Å²) in [4.78, 5) is -0.0748. The first-order chi connectivity index (χ1) is 9.90. The summed E-state index contributed by atoms with van der Waals surface area (Å²) >= 11 is 5.93. The van der Waals surface area contributed by atoms with Gasteiger partial charge in [-0.2, -0.15) is 4.31 Å². The first-order valence-corrected chi connectivity index (χ1v) is 9.53. The maximum Gasteiger partial charge on any atom is 0.246 e. The van der Waals surface area contributed by atoms with Gasteiger partial charge in [-0.1, -0.05) is 11.6 Å². The fourth-order valence-corrected chi connectivity index (χ4v) is 5.42. The van der Waals surface area contributed by atoms with Gasteiger partial charge in [0.05, 0.1) is 13.7 Å². The van der Waals surface area contributed by atoms with Gasteiger partial charge >= 0.3 is 0 Å². The van der Waals surface area contributed by atoms with Gasteiger partial charge in [-0.15, -0.1) is 0 Å². The van der Waals surface area contributed by atoms with Gasteiger partial charge in [-0.05, 0) is 12.1 Å². The summed E-state index contributed by atoms with van der Waals surface area (Å²) in [5.74, 6) is 0.720. The zero-order valence-corrected chi connectivity index (χ0v) is 13.8. The van der Waals surface area contributed by atoms with Crippen molar-refractivity contribution in [2.45, 2.75) is 11.5 Å². The van der Waals surface area contributed by atoms with Crippen LogP contribution in [0.2, 0.25) is 5.02 Å². The molecule has 0 amide bonds. The van der Waals surface area contributed by atoms with Gasteiger partial charge in [-0.3, -0.25) is 4.21 Å². The maximum absolute atomic E-state index is 12.7. The van der Waals surface area contributed by atoms with Gasteiger partial charge in [-0.25, -0.2) is 8.42 Å². The van der Waals surface area contributed by atoms with Gasteiger partial charge in [0.1, 0.15) is 10.6 Å². The smallest absolute Gasteiger partial charge is 0.246 e. The Kier molecular flexibility index (Phi) is 5.26. The molecule has 1 aromatic rings. The molecule has 1 saturated heterocycles. The molecule has 1 N–H and O–H groups in total. The zero-order valence-electron chi connectivity index (χ0n) is 11.4. The normalized spacial score (nSPS) is 17.9. The van der Waals surface area contributed by atoms with E-state index in [9.17, 15) is 17.7 Å². The Morgan fingerprint density at radius 2 is 2.00 bits per heavy atom. The molecular formula is C12H16ClNO5S2. The highest BCUT2D eigenvalue weighted by atomic mass is 35.5. The quantitative estimate of drug-likeness (QED) is 0.856. The van der Waals surface area contributed by atoms with Crippen LogP contribution in [0.25, 0.3) is 0 Å². The fourth-order valence-electron chi connectivity index (χ4n) is 2.16. The first kappa shape index (κ1) is 16.7. The molecule has 0 spiro atoms. The van der Waals surface area contributed by atoms with Crippen molar-refractivity contribution in [3.05, 3.63) is 22.7 Å². The number of aliphatic hydroxyl groups is 1. The molecule has 1 aliphatic rings. The molecule has 0 atom stereocenters. The summed E-state index contributed by atoms with van der Waals surface area (Å²) in [6.45, 7) is 0.00834. The third kappa shape index (κ3) is 3.40. The van der Waals surface area contributed by atoms with Crippen LogP contribution in [0.5, 0.6) is 5.75 Å². The second kappa shape index (κ2) is 6.62. The fraction of sp³-hybridized carbons (Fsp3) is 0.500. The van der Waals surface area contributed by atoms with E-state index in [1.807, 2.05) is 0 Å². The van der Waals surface area contributed by atoms with E-state index in [0.29, 0.717) is 17.1 Å². The van der Waals surface area contributed by atoms with Crippen LogP contribution in [0.15, 0.2) is 17.0 Å². The Hall–Kier alpha value is -0.670. The molecule has 21 heavy (non-hydrogen) atoms. The van der Waals surface area contributed by atoms with Gasteiger partial charge in [0.2, 0.25) is 10.0 Å². The van der Waals surface area contributed by atoms with Gasteiger partial charge in [0.15, 0.2) is 0 Å². The van der Waals surface area contributed by atoms with Crippen molar-refractivity contribution < 1.29 is 22.5 Å². The van der Waals surface area contributed by atoms with Crippen LogP contribution >= 0.6 is 11.6 Å². The van der Waals surface area contributed by atoms with Crippen molar-refractivity contribution in [2.24, 2.45) is 0 Å². The lowest BCUT2D eigenvalue weighted by Crippen LogP contribution is -2.41.